The van der Waals surface area contributed by atoms with Gasteiger partial charge >= 0.3 is 0 Å². The Kier molecular flexibility index (Phi) is 5.36. The topological polar surface area (TPSA) is 75.6 Å². The predicted molar refractivity (Wildman–Crippen MR) is 89.1 cm³/mol. The molecule has 0 aromatic heterocycles. The SMILES string of the molecule is O=S1(=O)CC[C@@H](NC[C@H](O)CO[C@@H]2CCCc3ccccc32)C1. The van der Waals surface area contributed by atoms with Gasteiger partial charge < -0.3 is 15.2 Å². The molecule has 0 unspecified atom stereocenters. The van der Waals surface area contributed by atoms with Crippen LogP contribution < -0.4 is 5.32 Å². The molecule has 0 amide bonds. The highest BCUT2D eigenvalue weighted by Crippen LogP contribution is 2.32. The van der Waals surface area contributed by atoms with Crippen LogP contribution in [0.15, 0.2) is 24.3 Å². The Balaban J connectivity index is 1.44. The molecule has 1 heterocycles. The number of aliphatic hydroxyl groups excluding tert-OH is 1. The molecule has 23 heavy (non-hydrogen) atoms. The van der Waals surface area contributed by atoms with Crippen molar-refractivity contribution in [2.24, 2.45) is 0 Å². The molecule has 1 fully saturated rings. The number of aryl methyl sites for hydroxylation is 1. The van der Waals surface area contributed by atoms with Crippen LogP contribution in [0.25, 0.3) is 0 Å². The molecule has 2 aliphatic rings. The van der Waals surface area contributed by atoms with E-state index in [2.05, 4.69) is 23.5 Å². The minimum Gasteiger partial charge on any atom is -0.389 e. The summed E-state index contributed by atoms with van der Waals surface area (Å²) in [5.74, 6) is 0.423. The quantitative estimate of drug-likeness (QED) is 0.815. The van der Waals surface area contributed by atoms with Gasteiger partial charge in [-0.15, -0.1) is 0 Å². The van der Waals surface area contributed by atoms with Crippen LogP contribution in [-0.4, -0.2) is 50.3 Å². The molecule has 1 aromatic rings. The van der Waals surface area contributed by atoms with Crippen LogP contribution in [-0.2, 0) is 21.0 Å². The zero-order valence-corrected chi connectivity index (χ0v) is 14.1. The second-order valence-electron chi connectivity index (χ2n) is 6.58. The minimum atomic E-state index is -2.88. The van der Waals surface area contributed by atoms with Crippen LogP contribution in [0.2, 0.25) is 0 Å². The van der Waals surface area contributed by atoms with Gasteiger partial charge in [0, 0.05) is 12.6 Å². The standard InChI is InChI=1S/C17H25NO4S/c19-15(10-18-14-8-9-23(20,21)12-14)11-22-17-7-3-5-13-4-1-2-6-16(13)17/h1-2,4,6,14-15,17-19H,3,5,7-12H2/t14-,15+,17-/m1/s1. The molecule has 3 rings (SSSR count). The summed E-state index contributed by atoms with van der Waals surface area (Å²) in [4.78, 5) is 0. The number of sulfone groups is 1. The largest absolute Gasteiger partial charge is 0.389 e. The predicted octanol–water partition coefficient (Wildman–Crippen LogP) is 1.22. The fourth-order valence-corrected chi connectivity index (χ4v) is 5.14. The molecule has 1 aromatic carbocycles. The molecule has 1 saturated heterocycles. The number of benzene rings is 1. The summed E-state index contributed by atoms with van der Waals surface area (Å²) < 4.78 is 28.7. The third-order valence-corrected chi connectivity index (χ3v) is 6.45. The third kappa shape index (κ3) is 4.53. The molecule has 3 atom stereocenters. The van der Waals surface area contributed by atoms with E-state index in [1.807, 2.05) is 6.07 Å². The molecule has 0 saturated carbocycles. The van der Waals surface area contributed by atoms with Crippen LogP contribution >= 0.6 is 0 Å². The summed E-state index contributed by atoms with van der Waals surface area (Å²) in [6.45, 7) is 0.639. The van der Waals surface area contributed by atoms with Crippen molar-refractivity contribution in [2.75, 3.05) is 24.7 Å². The van der Waals surface area contributed by atoms with Crippen LogP contribution in [0, 0.1) is 0 Å². The number of nitrogens with one attached hydrogen (secondary N) is 1. The molecule has 128 valence electrons. The van der Waals surface area contributed by atoms with E-state index in [4.69, 9.17) is 4.74 Å². The maximum atomic E-state index is 11.4. The van der Waals surface area contributed by atoms with E-state index in [0.717, 1.165) is 19.3 Å². The zero-order valence-electron chi connectivity index (χ0n) is 13.3. The van der Waals surface area contributed by atoms with Gasteiger partial charge in [0.1, 0.15) is 0 Å². The van der Waals surface area contributed by atoms with E-state index in [1.54, 1.807) is 0 Å². The van der Waals surface area contributed by atoms with Crippen LogP contribution in [0.5, 0.6) is 0 Å². The van der Waals surface area contributed by atoms with Gasteiger partial charge in [-0.2, -0.15) is 0 Å². The fraction of sp³-hybridized carbons (Fsp3) is 0.647. The van der Waals surface area contributed by atoms with Crippen molar-refractivity contribution >= 4 is 9.84 Å². The van der Waals surface area contributed by atoms with E-state index in [1.165, 1.54) is 11.1 Å². The second kappa shape index (κ2) is 7.30. The molecule has 0 spiro atoms. The Hall–Kier alpha value is -0.950. The van der Waals surface area contributed by atoms with E-state index in [-0.39, 0.29) is 30.3 Å². The Morgan fingerprint density at radius 1 is 1.30 bits per heavy atom. The molecule has 2 N–H and O–H groups in total. The molecular formula is C17H25NO4S. The van der Waals surface area contributed by atoms with Crippen molar-refractivity contribution in [2.45, 2.75) is 43.9 Å². The lowest BCUT2D eigenvalue weighted by molar-refractivity contribution is -0.0172. The first-order chi connectivity index (χ1) is 11.0. The highest BCUT2D eigenvalue weighted by Gasteiger charge is 2.28. The number of fused-ring (bicyclic) bond motifs is 1. The summed E-state index contributed by atoms with van der Waals surface area (Å²) in [6, 6.07) is 8.29. The fourth-order valence-electron chi connectivity index (χ4n) is 3.43. The molecule has 5 nitrogen and oxygen atoms in total. The number of rotatable bonds is 6. The highest BCUT2D eigenvalue weighted by molar-refractivity contribution is 7.91. The maximum Gasteiger partial charge on any atom is 0.151 e. The van der Waals surface area contributed by atoms with Gasteiger partial charge in [-0.3, -0.25) is 0 Å². The number of hydrogen-bond acceptors (Lipinski definition) is 5. The van der Waals surface area contributed by atoms with Gasteiger partial charge in [0.05, 0.1) is 30.3 Å². The first-order valence-corrected chi connectivity index (χ1v) is 10.2. The van der Waals surface area contributed by atoms with E-state index >= 15 is 0 Å². The Bertz CT molecular complexity index is 631. The molecule has 6 heteroatoms. The minimum absolute atomic E-state index is 0.0370. The molecule has 0 bridgehead atoms. The Morgan fingerprint density at radius 3 is 2.91 bits per heavy atom. The summed E-state index contributed by atoms with van der Waals surface area (Å²) in [5.41, 5.74) is 2.58. The summed E-state index contributed by atoms with van der Waals surface area (Å²) >= 11 is 0. The lowest BCUT2D eigenvalue weighted by atomic mass is 9.89. The maximum absolute atomic E-state index is 11.4. The van der Waals surface area contributed by atoms with Crippen molar-refractivity contribution < 1.29 is 18.3 Å². The second-order valence-corrected chi connectivity index (χ2v) is 8.80. The van der Waals surface area contributed by atoms with E-state index in [9.17, 15) is 13.5 Å². The number of aliphatic hydroxyl groups is 1. The van der Waals surface area contributed by atoms with Gasteiger partial charge in [0.15, 0.2) is 9.84 Å². The van der Waals surface area contributed by atoms with E-state index in [0.29, 0.717) is 13.0 Å². The van der Waals surface area contributed by atoms with Crippen LogP contribution in [0.3, 0.4) is 0 Å². The third-order valence-electron chi connectivity index (χ3n) is 4.68. The smallest absolute Gasteiger partial charge is 0.151 e. The van der Waals surface area contributed by atoms with Gasteiger partial charge in [-0.1, -0.05) is 24.3 Å². The van der Waals surface area contributed by atoms with Crippen molar-refractivity contribution in [3.8, 4) is 0 Å². The van der Waals surface area contributed by atoms with Crippen molar-refractivity contribution in [3.05, 3.63) is 35.4 Å². The lowest BCUT2D eigenvalue weighted by Crippen LogP contribution is -2.38. The molecule has 0 radical (unpaired) electrons. The molecule has 1 aliphatic heterocycles. The van der Waals surface area contributed by atoms with Gasteiger partial charge in [0.25, 0.3) is 0 Å². The summed E-state index contributed by atoms with van der Waals surface area (Å²) in [7, 11) is -2.88. The number of ether oxygens (including phenoxy) is 1. The van der Waals surface area contributed by atoms with Gasteiger partial charge in [-0.05, 0) is 36.8 Å². The van der Waals surface area contributed by atoms with Crippen LogP contribution in [0.1, 0.15) is 36.5 Å². The Labute approximate surface area is 138 Å². The first kappa shape index (κ1) is 16.9. The monoisotopic (exact) mass is 339 g/mol. The summed E-state index contributed by atoms with van der Waals surface area (Å²) in [5, 5.41) is 13.2. The van der Waals surface area contributed by atoms with Crippen molar-refractivity contribution in [1.29, 1.82) is 0 Å². The summed E-state index contributed by atoms with van der Waals surface area (Å²) in [6.07, 6.45) is 3.25. The molecular weight excluding hydrogens is 314 g/mol. The van der Waals surface area contributed by atoms with Crippen molar-refractivity contribution in [1.82, 2.24) is 5.32 Å². The molecule has 1 aliphatic carbocycles. The normalized spacial score (nSPS) is 27.5. The van der Waals surface area contributed by atoms with Gasteiger partial charge in [0.2, 0.25) is 0 Å². The zero-order chi connectivity index (χ0) is 16.3. The number of hydrogen-bond donors (Lipinski definition) is 2. The average Bonchev–Trinajstić information content (AvgIpc) is 2.90. The van der Waals surface area contributed by atoms with E-state index < -0.39 is 15.9 Å². The lowest BCUT2D eigenvalue weighted by Gasteiger charge is -2.27. The van der Waals surface area contributed by atoms with Crippen molar-refractivity contribution in [3.63, 3.8) is 0 Å². The van der Waals surface area contributed by atoms with Gasteiger partial charge in [-0.25, -0.2) is 8.42 Å². The highest BCUT2D eigenvalue weighted by atomic mass is 32.2. The Morgan fingerprint density at radius 2 is 2.13 bits per heavy atom. The first-order valence-electron chi connectivity index (χ1n) is 8.35. The average molecular weight is 339 g/mol. The van der Waals surface area contributed by atoms with Crippen LogP contribution in [0.4, 0.5) is 0 Å².